The normalized spacial score (nSPS) is 16.1. The van der Waals surface area contributed by atoms with Gasteiger partial charge in [-0.1, -0.05) is 34.6 Å². The fraction of sp³-hybridized carbons (Fsp3) is 1.00. The molecule has 0 aromatic carbocycles. The van der Waals surface area contributed by atoms with Gasteiger partial charge in [-0.25, -0.2) is 0 Å². The molecule has 0 N–H and O–H groups in total. The highest BCUT2D eigenvalue weighted by atomic mass is 16.5. The predicted octanol–water partition coefficient (Wildman–Crippen LogP) is 4.26. The summed E-state index contributed by atoms with van der Waals surface area (Å²) in [5.41, 5.74) is 0.320. The lowest BCUT2D eigenvalue weighted by Gasteiger charge is -2.34. The van der Waals surface area contributed by atoms with Gasteiger partial charge in [-0.3, -0.25) is 0 Å². The van der Waals surface area contributed by atoms with E-state index in [0.717, 1.165) is 6.42 Å². The van der Waals surface area contributed by atoms with Crippen molar-refractivity contribution in [2.24, 2.45) is 11.3 Å². The maximum absolute atomic E-state index is 6.08. The molecule has 1 unspecified atom stereocenters. The highest BCUT2D eigenvalue weighted by molar-refractivity contribution is 4.75. The van der Waals surface area contributed by atoms with Crippen molar-refractivity contribution in [1.29, 1.82) is 0 Å². The molecule has 0 radical (unpaired) electrons. The van der Waals surface area contributed by atoms with E-state index >= 15 is 0 Å². The van der Waals surface area contributed by atoms with Gasteiger partial charge < -0.3 is 4.74 Å². The molecule has 1 atom stereocenters. The van der Waals surface area contributed by atoms with E-state index in [4.69, 9.17) is 4.74 Å². The average molecular weight is 200 g/mol. The summed E-state index contributed by atoms with van der Waals surface area (Å²) in [6.45, 7) is 17.7. The van der Waals surface area contributed by atoms with Crippen LogP contribution in [0.25, 0.3) is 0 Å². The van der Waals surface area contributed by atoms with Crippen LogP contribution in [0.5, 0.6) is 0 Å². The zero-order chi connectivity index (χ0) is 11.6. The zero-order valence-corrected chi connectivity index (χ0v) is 11.3. The molecule has 0 aliphatic rings. The summed E-state index contributed by atoms with van der Waals surface area (Å²) in [5.74, 6) is 0.591. The monoisotopic (exact) mass is 200 g/mol. The summed E-state index contributed by atoms with van der Waals surface area (Å²) in [7, 11) is 0. The van der Waals surface area contributed by atoms with Gasteiger partial charge in [-0.2, -0.15) is 0 Å². The van der Waals surface area contributed by atoms with Gasteiger partial charge in [0.1, 0.15) is 0 Å². The molecule has 0 bridgehead atoms. The van der Waals surface area contributed by atoms with Gasteiger partial charge in [-0.15, -0.1) is 0 Å². The minimum Gasteiger partial charge on any atom is -0.372 e. The summed E-state index contributed by atoms with van der Waals surface area (Å²) in [6.07, 6.45) is 1.50. The zero-order valence-electron chi connectivity index (χ0n) is 11.3. The summed E-state index contributed by atoms with van der Waals surface area (Å²) in [4.78, 5) is 0. The standard InChI is InChI=1S/C13H28O/c1-10(2)11(9-12(3,4)5)14-13(6,7)8/h10-11H,9H2,1-8H3. The molecule has 0 aromatic heterocycles. The van der Waals surface area contributed by atoms with Crippen LogP contribution in [0.3, 0.4) is 0 Å². The molecule has 0 rings (SSSR count). The topological polar surface area (TPSA) is 9.23 Å². The van der Waals surface area contributed by atoms with Crippen LogP contribution in [0, 0.1) is 11.3 Å². The van der Waals surface area contributed by atoms with Crippen LogP contribution in [-0.4, -0.2) is 11.7 Å². The van der Waals surface area contributed by atoms with Crippen molar-refractivity contribution < 1.29 is 4.74 Å². The van der Waals surface area contributed by atoms with Crippen LogP contribution in [0.15, 0.2) is 0 Å². The lowest BCUT2D eigenvalue weighted by Crippen LogP contribution is -2.33. The van der Waals surface area contributed by atoms with E-state index in [-0.39, 0.29) is 5.60 Å². The molecule has 0 aliphatic carbocycles. The van der Waals surface area contributed by atoms with Crippen LogP contribution in [0.2, 0.25) is 0 Å². The Morgan fingerprint density at radius 1 is 0.929 bits per heavy atom. The Bertz CT molecular complexity index is 141. The van der Waals surface area contributed by atoms with Crippen LogP contribution in [0.4, 0.5) is 0 Å². The van der Waals surface area contributed by atoms with Crippen molar-refractivity contribution in [1.82, 2.24) is 0 Å². The van der Waals surface area contributed by atoms with Crippen LogP contribution in [-0.2, 0) is 4.74 Å². The summed E-state index contributed by atoms with van der Waals surface area (Å²) in [6, 6.07) is 0. The molecule has 1 heteroatoms. The highest BCUT2D eigenvalue weighted by Gasteiger charge is 2.26. The van der Waals surface area contributed by atoms with Crippen LogP contribution >= 0.6 is 0 Å². The largest absolute Gasteiger partial charge is 0.372 e. The Labute approximate surface area is 90.2 Å². The first-order chi connectivity index (χ1) is 6.01. The van der Waals surface area contributed by atoms with Crippen molar-refractivity contribution in [3.8, 4) is 0 Å². The minimum absolute atomic E-state index is 0.0276. The second kappa shape index (κ2) is 4.65. The Morgan fingerprint density at radius 2 is 1.36 bits per heavy atom. The first-order valence-corrected chi connectivity index (χ1v) is 5.69. The van der Waals surface area contributed by atoms with Gasteiger partial charge in [0, 0.05) is 0 Å². The molecule has 0 saturated heterocycles. The summed E-state index contributed by atoms with van der Waals surface area (Å²) in [5, 5.41) is 0. The first kappa shape index (κ1) is 14.0. The third kappa shape index (κ3) is 7.37. The number of rotatable bonds is 3. The Hall–Kier alpha value is -0.0400. The van der Waals surface area contributed by atoms with Crippen molar-refractivity contribution in [3.05, 3.63) is 0 Å². The van der Waals surface area contributed by atoms with E-state index in [1.807, 2.05) is 0 Å². The maximum Gasteiger partial charge on any atom is 0.0610 e. The fourth-order valence-corrected chi connectivity index (χ4v) is 1.47. The number of ether oxygens (including phenoxy) is 1. The van der Waals surface area contributed by atoms with Gasteiger partial charge in [0.15, 0.2) is 0 Å². The Morgan fingerprint density at radius 3 is 1.57 bits per heavy atom. The van der Waals surface area contributed by atoms with Gasteiger partial charge in [0.2, 0.25) is 0 Å². The molecule has 86 valence electrons. The summed E-state index contributed by atoms with van der Waals surface area (Å²) >= 11 is 0. The molecule has 14 heavy (non-hydrogen) atoms. The van der Waals surface area contributed by atoms with E-state index in [0.29, 0.717) is 17.4 Å². The molecule has 0 fully saturated rings. The average Bonchev–Trinajstić information content (AvgIpc) is 1.78. The molecule has 0 amide bonds. The molecule has 1 nitrogen and oxygen atoms in total. The van der Waals surface area contributed by atoms with Crippen molar-refractivity contribution in [3.63, 3.8) is 0 Å². The molecular weight excluding hydrogens is 172 g/mol. The second-order valence-corrected chi connectivity index (χ2v) is 6.78. The number of hydrogen-bond acceptors (Lipinski definition) is 1. The van der Waals surface area contributed by atoms with E-state index in [2.05, 4.69) is 55.4 Å². The minimum atomic E-state index is -0.0276. The van der Waals surface area contributed by atoms with Crippen molar-refractivity contribution in [2.75, 3.05) is 0 Å². The fourth-order valence-electron chi connectivity index (χ4n) is 1.47. The van der Waals surface area contributed by atoms with Crippen LogP contribution < -0.4 is 0 Å². The second-order valence-electron chi connectivity index (χ2n) is 6.78. The summed E-state index contributed by atoms with van der Waals surface area (Å²) < 4.78 is 6.08. The quantitative estimate of drug-likeness (QED) is 0.661. The molecule has 0 aromatic rings. The van der Waals surface area contributed by atoms with E-state index in [9.17, 15) is 0 Å². The van der Waals surface area contributed by atoms with Crippen molar-refractivity contribution in [2.45, 2.75) is 73.5 Å². The molecule has 0 heterocycles. The van der Waals surface area contributed by atoms with E-state index < -0.39 is 0 Å². The highest BCUT2D eigenvalue weighted by Crippen LogP contribution is 2.28. The molecule has 0 saturated carbocycles. The number of hydrogen-bond donors (Lipinski definition) is 0. The predicted molar refractivity (Wildman–Crippen MR) is 63.5 cm³/mol. The lowest BCUT2D eigenvalue weighted by atomic mass is 9.85. The first-order valence-electron chi connectivity index (χ1n) is 5.69. The Balaban J connectivity index is 4.32. The third-order valence-electron chi connectivity index (χ3n) is 2.06. The van der Waals surface area contributed by atoms with Gasteiger partial charge in [0.05, 0.1) is 11.7 Å². The lowest BCUT2D eigenvalue weighted by molar-refractivity contribution is -0.0931. The molecule has 0 aliphatic heterocycles. The van der Waals surface area contributed by atoms with Gasteiger partial charge >= 0.3 is 0 Å². The van der Waals surface area contributed by atoms with E-state index in [1.54, 1.807) is 0 Å². The molecular formula is C13H28O. The maximum atomic E-state index is 6.08. The third-order valence-corrected chi connectivity index (χ3v) is 2.06. The van der Waals surface area contributed by atoms with Gasteiger partial charge in [0.25, 0.3) is 0 Å². The molecule has 0 spiro atoms. The van der Waals surface area contributed by atoms with Crippen molar-refractivity contribution >= 4 is 0 Å². The van der Waals surface area contributed by atoms with E-state index in [1.165, 1.54) is 0 Å². The van der Waals surface area contributed by atoms with Gasteiger partial charge in [-0.05, 0) is 38.5 Å². The Kier molecular flexibility index (Phi) is 4.64. The van der Waals surface area contributed by atoms with Crippen LogP contribution in [0.1, 0.15) is 61.8 Å². The smallest absolute Gasteiger partial charge is 0.0610 e. The SMILES string of the molecule is CC(C)C(CC(C)(C)C)OC(C)(C)C.